The molecule has 1 unspecified atom stereocenters. The van der Waals surface area contributed by atoms with E-state index in [-0.39, 0.29) is 35.6 Å². The molecule has 0 N–H and O–H groups in total. The first-order chi connectivity index (χ1) is 14.8. The standard InChI is InChI=1S/C25H29FN2O3/c1-27(2)23(29)16-19-17-25(31-22-9-4-3-8-21(19)22)10-12-28(13-11-25)24(30)15-18-6-5-7-20(26)14-18/h3-9,14,19H,10-13,15-17H2,1-2H3. The number of likely N-dealkylation sites (tertiary alicyclic amines) is 1. The molecule has 1 spiro atoms. The molecule has 1 saturated heterocycles. The maximum absolute atomic E-state index is 13.4. The Morgan fingerprint density at radius 1 is 1.13 bits per heavy atom. The number of benzene rings is 2. The lowest BCUT2D eigenvalue weighted by atomic mass is 9.76. The number of piperidine rings is 1. The molecular weight excluding hydrogens is 395 g/mol. The summed E-state index contributed by atoms with van der Waals surface area (Å²) in [5.74, 6) is 0.755. The molecule has 0 saturated carbocycles. The minimum absolute atomic E-state index is 0.0102. The van der Waals surface area contributed by atoms with Crippen LogP contribution in [-0.4, -0.2) is 54.4 Å². The third kappa shape index (κ3) is 4.73. The van der Waals surface area contributed by atoms with E-state index in [4.69, 9.17) is 4.74 Å². The zero-order valence-corrected chi connectivity index (χ0v) is 18.1. The van der Waals surface area contributed by atoms with Crippen molar-refractivity contribution in [2.45, 2.75) is 43.6 Å². The van der Waals surface area contributed by atoms with Crippen molar-refractivity contribution in [2.75, 3.05) is 27.2 Å². The van der Waals surface area contributed by atoms with E-state index in [9.17, 15) is 14.0 Å². The first kappa shape index (κ1) is 21.3. The molecule has 0 aromatic heterocycles. The van der Waals surface area contributed by atoms with E-state index >= 15 is 0 Å². The Bertz CT molecular complexity index is 967. The second kappa shape index (κ2) is 8.69. The van der Waals surface area contributed by atoms with Crippen LogP contribution in [0.5, 0.6) is 5.75 Å². The first-order valence-corrected chi connectivity index (χ1v) is 10.9. The van der Waals surface area contributed by atoms with Gasteiger partial charge in [0.25, 0.3) is 0 Å². The zero-order chi connectivity index (χ0) is 22.0. The van der Waals surface area contributed by atoms with Crippen molar-refractivity contribution in [3.8, 4) is 5.75 Å². The molecule has 2 heterocycles. The molecule has 2 aliphatic heterocycles. The van der Waals surface area contributed by atoms with Crippen LogP contribution in [0.3, 0.4) is 0 Å². The van der Waals surface area contributed by atoms with Crippen LogP contribution in [0.2, 0.25) is 0 Å². The van der Waals surface area contributed by atoms with Crippen molar-refractivity contribution in [3.05, 3.63) is 65.5 Å². The van der Waals surface area contributed by atoms with Gasteiger partial charge in [0.2, 0.25) is 11.8 Å². The Labute approximate surface area is 182 Å². The van der Waals surface area contributed by atoms with E-state index in [1.807, 2.05) is 29.2 Å². The number of halogens is 1. The molecule has 2 aliphatic rings. The molecular formula is C25H29FN2O3. The van der Waals surface area contributed by atoms with E-state index in [1.165, 1.54) is 12.1 Å². The smallest absolute Gasteiger partial charge is 0.226 e. The first-order valence-electron chi connectivity index (χ1n) is 10.9. The quantitative estimate of drug-likeness (QED) is 0.751. The average molecular weight is 425 g/mol. The number of rotatable bonds is 4. The fourth-order valence-corrected chi connectivity index (χ4v) is 4.72. The van der Waals surface area contributed by atoms with Gasteiger partial charge in [0.1, 0.15) is 17.2 Å². The number of carbonyl (C=O) groups excluding carboxylic acids is 2. The lowest BCUT2D eigenvalue weighted by Gasteiger charge is -2.47. The maximum Gasteiger partial charge on any atom is 0.226 e. The highest BCUT2D eigenvalue weighted by Gasteiger charge is 2.44. The Morgan fingerprint density at radius 2 is 1.87 bits per heavy atom. The summed E-state index contributed by atoms with van der Waals surface area (Å²) in [6.07, 6.45) is 2.88. The van der Waals surface area contributed by atoms with Crippen molar-refractivity contribution < 1.29 is 18.7 Å². The van der Waals surface area contributed by atoms with Gasteiger partial charge in [-0.1, -0.05) is 30.3 Å². The van der Waals surface area contributed by atoms with Gasteiger partial charge < -0.3 is 14.5 Å². The van der Waals surface area contributed by atoms with Crippen molar-refractivity contribution >= 4 is 11.8 Å². The normalized spacial score (nSPS) is 19.5. The summed E-state index contributed by atoms with van der Waals surface area (Å²) in [6, 6.07) is 14.2. The van der Waals surface area contributed by atoms with Gasteiger partial charge in [0.15, 0.2) is 0 Å². The molecule has 5 nitrogen and oxygen atoms in total. The monoisotopic (exact) mass is 424 g/mol. The SMILES string of the molecule is CN(C)C(=O)CC1CC2(CCN(C(=O)Cc3cccc(F)c3)CC2)Oc2ccccc21. The molecule has 4 rings (SSSR count). The summed E-state index contributed by atoms with van der Waals surface area (Å²) in [4.78, 5) is 28.7. The third-order valence-corrected chi connectivity index (χ3v) is 6.50. The molecule has 6 heteroatoms. The van der Waals surface area contributed by atoms with Crippen LogP contribution in [0.15, 0.2) is 48.5 Å². The Morgan fingerprint density at radius 3 is 2.58 bits per heavy atom. The van der Waals surface area contributed by atoms with E-state index < -0.39 is 0 Å². The van der Waals surface area contributed by atoms with Crippen LogP contribution >= 0.6 is 0 Å². The molecule has 0 bridgehead atoms. The van der Waals surface area contributed by atoms with Gasteiger partial charge in [0.05, 0.1) is 6.42 Å². The predicted molar refractivity (Wildman–Crippen MR) is 116 cm³/mol. The van der Waals surface area contributed by atoms with Crippen molar-refractivity contribution in [1.82, 2.24) is 9.80 Å². The molecule has 2 aromatic rings. The Balaban J connectivity index is 1.44. The van der Waals surface area contributed by atoms with Gasteiger partial charge in [-0.2, -0.15) is 0 Å². The van der Waals surface area contributed by atoms with Gasteiger partial charge in [-0.05, 0) is 35.7 Å². The summed E-state index contributed by atoms with van der Waals surface area (Å²) in [5, 5.41) is 0. The van der Waals surface area contributed by atoms with Crippen LogP contribution in [0.25, 0.3) is 0 Å². The van der Waals surface area contributed by atoms with Crippen LogP contribution < -0.4 is 4.74 Å². The van der Waals surface area contributed by atoms with E-state index in [0.717, 1.165) is 30.6 Å². The number of hydrogen-bond acceptors (Lipinski definition) is 3. The summed E-state index contributed by atoms with van der Waals surface area (Å²) in [6.45, 7) is 1.20. The number of nitrogens with zero attached hydrogens (tertiary/aromatic N) is 2. The molecule has 0 radical (unpaired) electrons. The molecule has 31 heavy (non-hydrogen) atoms. The Hall–Kier alpha value is -2.89. The topological polar surface area (TPSA) is 49.9 Å². The molecule has 1 atom stereocenters. The number of ether oxygens (including phenoxy) is 1. The highest BCUT2D eigenvalue weighted by Crippen LogP contribution is 2.46. The van der Waals surface area contributed by atoms with Gasteiger partial charge in [-0.15, -0.1) is 0 Å². The predicted octanol–water partition coefficient (Wildman–Crippen LogP) is 3.77. The molecule has 2 aromatic carbocycles. The van der Waals surface area contributed by atoms with E-state index in [1.54, 1.807) is 31.1 Å². The van der Waals surface area contributed by atoms with Gasteiger partial charge in [-0.3, -0.25) is 9.59 Å². The van der Waals surface area contributed by atoms with Crippen molar-refractivity contribution in [3.63, 3.8) is 0 Å². The summed E-state index contributed by atoms with van der Waals surface area (Å²) in [5.41, 5.74) is 1.42. The number of fused-ring (bicyclic) bond motifs is 1. The van der Waals surface area contributed by atoms with E-state index in [0.29, 0.717) is 25.1 Å². The maximum atomic E-state index is 13.4. The second-order valence-electron chi connectivity index (χ2n) is 8.90. The van der Waals surface area contributed by atoms with Crippen LogP contribution in [0.1, 0.15) is 42.7 Å². The highest BCUT2D eigenvalue weighted by molar-refractivity contribution is 5.79. The lowest BCUT2D eigenvalue weighted by molar-refractivity contribution is -0.134. The second-order valence-corrected chi connectivity index (χ2v) is 8.90. The molecule has 164 valence electrons. The number of carbonyl (C=O) groups is 2. The van der Waals surface area contributed by atoms with Gasteiger partial charge in [0, 0.05) is 52.4 Å². The van der Waals surface area contributed by atoms with Crippen LogP contribution in [0, 0.1) is 5.82 Å². The summed E-state index contributed by atoms with van der Waals surface area (Å²) >= 11 is 0. The minimum atomic E-state index is -0.360. The van der Waals surface area contributed by atoms with Crippen molar-refractivity contribution in [1.29, 1.82) is 0 Å². The van der Waals surface area contributed by atoms with Gasteiger partial charge >= 0.3 is 0 Å². The molecule has 1 fully saturated rings. The number of amides is 2. The minimum Gasteiger partial charge on any atom is -0.487 e. The largest absolute Gasteiger partial charge is 0.487 e. The average Bonchev–Trinajstić information content (AvgIpc) is 2.74. The summed E-state index contributed by atoms with van der Waals surface area (Å²) in [7, 11) is 3.57. The number of para-hydroxylation sites is 1. The van der Waals surface area contributed by atoms with Gasteiger partial charge in [-0.25, -0.2) is 4.39 Å². The molecule has 2 amide bonds. The zero-order valence-electron chi connectivity index (χ0n) is 18.1. The Kier molecular flexibility index (Phi) is 5.99. The number of hydrogen-bond donors (Lipinski definition) is 0. The van der Waals surface area contributed by atoms with Crippen LogP contribution in [-0.2, 0) is 16.0 Å². The highest BCUT2D eigenvalue weighted by atomic mass is 19.1. The fraction of sp³-hybridized carbons (Fsp3) is 0.440. The summed E-state index contributed by atoms with van der Waals surface area (Å²) < 4.78 is 19.9. The third-order valence-electron chi connectivity index (χ3n) is 6.50. The fourth-order valence-electron chi connectivity index (χ4n) is 4.72. The molecule has 0 aliphatic carbocycles. The van der Waals surface area contributed by atoms with Crippen molar-refractivity contribution in [2.24, 2.45) is 0 Å². The van der Waals surface area contributed by atoms with E-state index in [2.05, 4.69) is 0 Å². The lowest BCUT2D eigenvalue weighted by Crippen LogP contribution is -2.52. The van der Waals surface area contributed by atoms with Crippen LogP contribution in [0.4, 0.5) is 4.39 Å².